The molecule has 0 radical (unpaired) electrons. The fourth-order valence-electron chi connectivity index (χ4n) is 7.59. The largest absolute Gasteiger partial charge is 0.481 e. The fourth-order valence-corrected chi connectivity index (χ4v) is 7.59. The van der Waals surface area contributed by atoms with Gasteiger partial charge in [0, 0.05) is 38.3 Å². The molecule has 0 unspecified atom stereocenters. The van der Waals surface area contributed by atoms with Crippen molar-refractivity contribution in [3.63, 3.8) is 0 Å². The van der Waals surface area contributed by atoms with Gasteiger partial charge < -0.3 is 33.5 Å². The van der Waals surface area contributed by atoms with Gasteiger partial charge in [0.15, 0.2) is 0 Å². The van der Waals surface area contributed by atoms with E-state index in [1.807, 2.05) is 0 Å². The molecule has 0 aromatic rings. The van der Waals surface area contributed by atoms with Gasteiger partial charge in [0.2, 0.25) is 0 Å². The van der Waals surface area contributed by atoms with Gasteiger partial charge in [-0.1, -0.05) is 207 Å². The Morgan fingerprint density at radius 2 is 0.500 bits per heavy atom. The van der Waals surface area contributed by atoms with Gasteiger partial charge in [-0.2, -0.15) is 0 Å². The summed E-state index contributed by atoms with van der Waals surface area (Å²) in [4.78, 5) is 12.3. The van der Waals surface area contributed by atoms with Crippen LogP contribution in [0.25, 0.3) is 0 Å². The maximum absolute atomic E-state index is 12.3. The van der Waals surface area contributed by atoms with Gasteiger partial charge in [0.1, 0.15) is 5.92 Å². The van der Waals surface area contributed by atoms with Crippen LogP contribution in [0, 0.1) is 17.8 Å². The van der Waals surface area contributed by atoms with Gasteiger partial charge in [0.05, 0.1) is 52.9 Å². The van der Waals surface area contributed by atoms with Crippen molar-refractivity contribution in [3.05, 3.63) is 0 Å². The minimum Gasteiger partial charge on any atom is -0.481 e. The molecule has 0 aromatic heterocycles. The Morgan fingerprint density at radius 3 is 0.717 bits per heavy atom. The molecule has 0 aromatic carbocycles. The van der Waals surface area contributed by atoms with Crippen molar-refractivity contribution in [1.82, 2.24) is 0 Å². The molecule has 0 aliphatic heterocycles. The third kappa shape index (κ3) is 45.3. The van der Waals surface area contributed by atoms with E-state index in [1.54, 1.807) is 0 Å². The zero-order valence-corrected chi connectivity index (χ0v) is 40.6. The quantitative estimate of drug-likeness (QED) is 0.0605. The minimum atomic E-state index is -0.892. The van der Waals surface area contributed by atoms with E-state index in [0.717, 1.165) is 52.1 Å². The molecule has 8 nitrogen and oxygen atoms in total. The summed E-state index contributed by atoms with van der Waals surface area (Å²) in [6, 6.07) is 0. The highest BCUT2D eigenvalue weighted by molar-refractivity contribution is 5.70. The van der Waals surface area contributed by atoms with Gasteiger partial charge in [-0.25, -0.2) is 0 Å². The predicted molar refractivity (Wildman–Crippen MR) is 253 cm³/mol. The van der Waals surface area contributed by atoms with Crippen LogP contribution in [0.5, 0.6) is 0 Å². The Labute approximate surface area is 373 Å². The molecule has 0 amide bonds. The number of unbranched alkanes of at least 4 members (excludes halogenated alkanes) is 28. The van der Waals surface area contributed by atoms with E-state index in [2.05, 4.69) is 27.7 Å². The Kier molecular flexibility index (Phi) is 50.2. The lowest BCUT2D eigenvalue weighted by molar-refractivity contribution is -0.147. The second-order valence-corrected chi connectivity index (χ2v) is 18.0. The number of aliphatic carboxylic acids is 1. The average molecular weight is 857 g/mol. The van der Waals surface area contributed by atoms with Crippen molar-refractivity contribution in [1.29, 1.82) is 0 Å². The zero-order valence-electron chi connectivity index (χ0n) is 40.6. The average Bonchev–Trinajstić information content (AvgIpc) is 3.24. The smallest absolute Gasteiger partial charge is 0.311 e. The molecule has 360 valence electrons. The lowest BCUT2D eigenvalue weighted by Crippen LogP contribution is -2.30. The molecular formula is C52H104O8. The standard InChI is InChI=1S/C52H104O8/c1-5-9-13-17-21-25-29-33-37-55-41-49(42-56-38-34-30-26-22-18-14-10-6-2)45-59-47-51(52(53)54)48-60-46-50(43-57-39-35-31-27-23-19-15-11-7-3)44-58-40-36-32-28-24-20-16-12-8-4/h49-51H,5-48H2,1-4H3,(H,53,54). The molecule has 8 heteroatoms. The molecule has 0 saturated carbocycles. The lowest BCUT2D eigenvalue weighted by atomic mass is 10.1. The third-order valence-electron chi connectivity index (χ3n) is 11.7. The van der Waals surface area contributed by atoms with Crippen LogP contribution in [-0.4, -0.2) is 90.4 Å². The Bertz CT molecular complexity index is 707. The summed E-state index contributed by atoms with van der Waals surface area (Å²) in [6.45, 7) is 15.4. The molecule has 0 aliphatic carbocycles. The van der Waals surface area contributed by atoms with Gasteiger partial charge >= 0.3 is 5.97 Å². The summed E-state index contributed by atoms with van der Waals surface area (Å²) < 4.78 is 36.6. The highest BCUT2D eigenvalue weighted by Gasteiger charge is 2.21. The first-order chi connectivity index (χ1) is 29.6. The summed E-state index contributed by atoms with van der Waals surface area (Å²) in [5.74, 6) is -1.48. The SMILES string of the molecule is CCCCCCCCCCOCC(COCCCCCCCCCC)COCC(COCC(COCCCCCCCCCC)COCCCCCCCCCC)C(=O)O. The van der Waals surface area contributed by atoms with Crippen LogP contribution >= 0.6 is 0 Å². The lowest BCUT2D eigenvalue weighted by Gasteiger charge is -2.21. The van der Waals surface area contributed by atoms with Crippen LogP contribution in [0.4, 0.5) is 0 Å². The Hall–Kier alpha value is -0.770. The first kappa shape index (κ1) is 59.2. The van der Waals surface area contributed by atoms with Crippen molar-refractivity contribution >= 4 is 5.97 Å². The van der Waals surface area contributed by atoms with Crippen LogP contribution in [0.1, 0.15) is 233 Å². The second-order valence-electron chi connectivity index (χ2n) is 18.0. The van der Waals surface area contributed by atoms with E-state index >= 15 is 0 Å². The maximum atomic E-state index is 12.3. The Balaban J connectivity index is 4.80. The van der Waals surface area contributed by atoms with Crippen molar-refractivity contribution < 1.29 is 38.3 Å². The molecule has 0 rings (SSSR count). The van der Waals surface area contributed by atoms with Crippen LogP contribution in [-0.2, 0) is 33.2 Å². The summed E-state index contributed by atoms with van der Waals surface area (Å²) in [5, 5.41) is 10.1. The number of hydrogen-bond donors (Lipinski definition) is 1. The number of rotatable bonds is 53. The second kappa shape index (κ2) is 50.9. The Morgan fingerprint density at radius 1 is 0.300 bits per heavy atom. The summed E-state index contributed by atoms with van der Waals surface area (Å²) >= 11 is 0. The predicted octanol–water partition coefficient (Wildman–Crippen LogP) is 14.6. The molecular weight excluding hydrogens is 753 g/mol. The highest BCUT2D eigenvalue weighted by Crippen LogP contribution is 2.14. The van der Waals surface area contributed by atoms with Crippen molar-refractivity contribution in [2.45, 2.75) is 233 Å². The number of carboxylic acid groups (broad SMARTS) is 1. The maximum Gasteiger partial charge on any atom is 0.311 e. The van der Waals surface area contributed by atoms with E-state index in [4.69, 9.17) is 28.4 Å². The van der Waals surface area contributed by atoms with Crippen molar-refractivity contribution in [2.75, 3.05) is 79.3 Å². The molecule has 0 bridgehead atoms. The molecule has 0 fully saturated rings. The van der Waals surface area contributed by atoms with Crippen molar-refractivity contribution in [3.8, 4) is 0 Å². The van der Waals surface area contributed by atoms with E-state index in [1.165, 1.54) is 180 Å². The molecule has 0 saturated heterocycles. The topological polar surface area (TPSA) is 92.7 Å². The van der Waals surface area contributed by atoms with Crippen molar-refractivity contribution in [2.24, 2.45) is 17.8 Å². The molecule has 0 spiro atoms. The number of ether oxygens (including phenoxy) is 6. The van der Waals surface area contributed by atoms with Crippen LogP contribution in [0.2, 0.25) is 0 Å². The fraction of sp³-hybridized carbons (Fsp3) is 0.981. The summed E-state index contributed by atoms with van der Waals surface area (Å²) in [6.07, 6.45) is 40.8. The summed E-state index contributed by atoms with van der Waals surface area (Å²) in [7, 11) is 0. The number of carbonyl (C=O) groups is 1. The molecule has 0 aliphatic rings. The van der Waals surface area contributed by atoms with Gasteiger partial charge in [-0.15, -0.1) is 0 Å². The van der Waals surface area contributed by atoms with E-state index in [0.29, 0.717) is 39.6 Å². The van der Waals surface area contributed by atoms with Crippen LogP contribution in [0.15, 0.2) is 0 Å². The third-order valence-corrected chi connectivity index (χ3v) is 11.7. The molecule has 0 heterocycles. The van der Waals surface area contributed by atoms with Crippen LogP contribution < -0.4 is 0 Å². The van der Waals surface area contributed by atoms with E-state index in [-0.39, 0.29) is 25.0 Å². The zero-order chi connectivity index (χ0) is 43.7. The van der Waals surface area contributed by atoms with E-state index < -0.39 is 11.9 Å². The first-order valence-corrected chi connectivity index (χ1v) is 26.3. The number of hydrogen-bond acceptors (Lipinski definition) is 7. The number of carboxylic acids is 1. The van der Waals surface area contributed by atoms with Gasteiger partial charge in [-0.3, -0.25) is 4.79 Å². The van der Waals surface area contributed by atoms with Crippen LogP contribution in [0.3, 0.4) is 0 Å². The molecule has 60 heavy (non-hydrogen) atoms. The normalized spacial score (nSPS) is 11.9. The van der Waals surface area contributed by atoms with Gasteiger partial charge in [-0.05, 0) is 25.7 Å². The highest BCUT2D eigenvalue weighted by atomic mass is 16.5. The first-order valence-electron chi connectivity index (χ1n) is 26.3. The minimum absolute atomic E-state index is 0.0734. The van der Waals surface area contributed by atoms with Gasteiger partial charge in [0.25, 0.3) is 0 Å². The van der Waals surface area contributed by atoms with E-state index in [9.17, 15) is 9.90 Å². The molecule has 1 N–H and O–H groups in total. The monoisotopic (exact) mass is 857 g/mol. The summed E-state index contributed by atoms with van der Waals surface area (Å²) in [5.41, 5.74) is 0. The molecule has 0 atom stereocenters.